The number of hydrogen-bond donors (Lipinski definition) is 6. The van der Waals surface area contributed by atoms with Crippen LogP contribution in [0.2, 0.25) is 0 Å². The van der Waals surface area contributed by atoms with Crippen LogP contribution in [0.5, 0.6) is 5.75 Å². The molecule has 0 aromatic heterocycles. The van der Waals surface area contributed by atoms with Gasteiger partial charge in [0.2, 0.25) is 6.29 Å². The van der Waals surface area contributed by atoms with Gasteiger partial charge in [0.25, 0.3) is 0 Å². The van der Waals surface area contributed by atoms with Gasteiger partial charge in [0.1, 0.15) is 48.5 Å². The van der Waals surface area contributed by atoms with Gasteiger partial charge < -0.3 is 49.6 Å². The van der Waals surface area contributed by atoms with E-state index in [-0.39, 0.29) is 6.61 Å². The Labute approximate surface area is 179 Å². The van der Waals surface area contributed by atoms with E-state index in [2.05, 4.69) is 0 Å². The van der Waals surface area contributed by atoms with E-state index in [9.17, 15) is 30.6 Å². The molecule has 1 aromatic rings. The number of hydrogen-bond acceptors (Lipinski definition) is 10. The molecule has 6 N–H and O–H groups in total. The van der Waals surface area contributed by atoms with Gasteiger partial charge in [-0.2, -0.15) is 0 Å². The zero-order chi connectivity index (χ0) is 22.7. The van der Waals surface area contributed by atoms with Crippen molar-refractivity contribution in [1.82, 2.24) is 0 Å². The van der Waals surface area contributed by atoms with Gasteiger partial charge in [-0.3, -0.25) is 0 Å². The van der Waals surface area contributed by atoms with Crippen LogP contribution in [-0.2, 0) is 14.2 Å². The van der Waals surface area contributed by atoms with E-state index in [1.165, 1.54) is 6.92 Å². The van der Waals surface area contributed by atoms with Gasteiger partial charge in [0, 0.05) is 0 Å². The first-order valence-corrected chi connectivity index (χ1v) is 10.1. The minimum absolute atomic E-state index is 0.345. The summed E-state index contributed by atoms with van der Waals surface area (Å²) in [5, 5.41) is 60.4. The third-order valence-electron chi connectivity index (χ3n) is 5.39. The molecule has 0 saturated carbocycles. The van der Waals surface area contributed by atoms with E-state index in [1.54, 1.807) is 24.3 Å². The molecule has 1 aromatic carbocycles. The van der Waals surface area contributed by atoms with E-state index in [4.69, 9.17) is 18.9 Å². The van der Waals surface area contributed by atoms with Gasteiger partial charge in [-0.05, 0) is 31.5 Å². The van der Waals surface area contributed by atoms with Gasteiger partial charge in [0.05, 0.1) is 12.7 Å². The molecule has 10 atom stereocenters. The minimum Gasteiger partial charge on any atom is -0.462 e. The lowest BCUT2D eigenvalue weighted by molar-refractivity contribution is -0.318. The van der Waals surface area contributed by atoms with Crippen LogP contribution in [0.1, 0.15) is 19.4 Å². The summed E-state index contributed by atoms with van der Waals surface area (Å²) in [6.07, 6.45) is -9.56. The molecular weight excluding hydrogens is 412 g/mol. The van der Waals surface area contributed by atoms with Crippen LogP contribution in [0.25, 0.3) is 6.08 Å². The van der Waals surface area contributed by atoms with E-state index < -0.39 is 61.4 Å². The molecule has 0 amide bonds. The predicted octanol–water partition coefficient (Wildman–Crippen LogP) is -1.25. The number of benzene rings is 1. The summed E-state index contributed by atoms with van der Waals surface area (Å²) in [7, 11) is 0. The number of allylic oxidation sites excluding steroid dienone is 1. The van der Waals surface area contributed by atoms with Gasteiger partial charge in [0.15, 0.2) is 6.29 Å². The second-order valence-electron chi connectivity index (χ2n) is 7.72. The molecule has 2 fully saturated rings. The first-order valence-electron chi connectivity index (χ1n) is 10.1. The first-order chi connectivity index (χ1) is 14.7. The van der Waals surface area contributed by atoms with Crippen molar-refractivity contribution in [2.24, 2.45) is 0 Å². The summed E-state index contributed by atoms with van der Waals surface area (Å²) in [5.41, 5.74) is 0.953. The van der Waals surface area contributed by atoms with Crippen LogP contribution >= 0.6 is 0 Å². The normalized spacial score (nSPS) is 41.4. The molecule has 10 unspecified atom stereocenters. The Morgan fingerprint density at radius 2 is 1.42 bits per heavy atom. The maximum Gasteiger partial charge on any atom is 0.229 e. The smallest absolute Gasteiger partial charge is 0.229 e. The summed E-state index contributed by atoms with van der Waals surface area (Å²) >= 11 is 0. The first kappa shape index (κ1) is 24.1. The van der Waals surface area contributed by atoms with Crippen molar-refractivity contribution in [3.8, 4) is 5.75 Å². The van der Waals surface area contributed by atoms with Crippen LogP contribution in [-0.4, -0.2) is 98.7 Å². The van der Waals surface area contributed by atoms with Crippen molar-refractivity contribution < 1.29 is 49.6 Å². The number of rotatable bonds is 6. The molecule has 10 nitrogen and oxygen atoms in total. The molecule has 3 rings (SSSR count). The van der Waals surface area contributed by atoms with Crippen molar-refractivity contribution in [2.45, 2.75) is 75.3 Å². The van der Waals surface area contributed by atoms with E-state index in [1.807, 2.05) is 19.1 Å². The second-order valence-corrected chi connectivity index (χ2v) is 7.72. The number of ether oxygens (including phenoxy) is 4. The van der Waals surface area contributed by atoms with Crippen LogP contribution in [0, 0.1) is 0 Å². The van der Waals surface area contributed by atoms with E-state index in [0.29, 0.717) is 5.75 Å². The minimum atomic E-state index is -1.57. The highest BCUT2D eigenvalue weighted by Crippen LogP contribution is 2.27. The standard InChI is InChI=1S/C21H30O10/c1-3-4-11-5-7-12(8-6-11)30-21-19(27)17(25)15(23)13(31-21)9-28-20-18(26)16(24)14(22)10(2)29-20/h3-8,10,13-27H,9H2,1-2H3. The molecule has 174 valence electrons. The fourth-order valence-corrected chi connectivity index (χ4v) is 3.48. The van der Waals surface area contributed by atoms with Gasteiger partial charge >= 0.3 is 0 Å². The summed E-state index contributed by atoms with van der Waals surface area (Å²) in [6, 6.07) is 6.96. The largest absolute Gasteiger partial charge is 0.462 e. The van der Waals surface area contributed by atoms with Crippen molar-refractivity contribution in [3.63, 3.8) is 0 Å². The molecule has 2 aliphatic heterocycles. The highest BCUT2D eigenvalue weighted by molar-refractivity contribution is 5.50. The molecule has 2 heterocycles. The van der Waals surface area contributed by atoms with Crippen LogP contribution < -0.4 is 4.74 Å². The quantitative estimate of drug-likeness (QED) is 0.314. The average Bonchev–Trinajstić information content (AvgIpc) is 2.76. The Morgan fingerprint density at radius 1 is 0.806 bits per heavy atom. The maximum absolute atomic E-state index is 10.3. The lowest BCUT2D eigenvalue weighted by atomic mass is 9.98. The van der Waals surface area contributed by atoms with Crippen LogP contribution in [0.15, 0.2) is 30.3 Å². The maximum atomic E-state index is 10.3. The summed E-state index contributed by atoms with van der Waals surface area (Å²) in [6.45, 7) is 3.06. The van der Waals surface area contributed by atoms with Gasteiger partial charge in [-0.25, -0.2) is 0 Å². The molecule has 31 heavy (non-hydrogen) atoms. The molecule has 2 aliphatic rings. The number of aliphatic hydroxyl groups is 6. The topological polar surface area (TPSA) is 158 Å². The average molecular weight is 442 g/mol. The van der Waals surface area contributed by atoms with Gasteiger partial charge in [-0.1, -0.05) is 24.3 Å². The molecule has 0 bridgehead atoms. The fourth-order valence-electron chi connectivity index (χ4n) is 3.48. The lowest BCUT2D eigenvalue weighted by Crippen LogP contribution is -2.61. The molecular formula is C21H30O10. The lowest BCUT2D eigenvalue weighted by Gasteiger charge is -2.42. The Balaban J connectivity index is 1.63. The Kier molecular flexibility index (Phi) is 8.03. The monoisotopic (exact) mass is 442 g/mol. The summed E-state index contributed by atoms with van der Waals surface area (Å²) in [5.74, 6) is 0.387. The molecule has 0 spiro atoms. The fraction of sp³-hybridized carbons (Fsp3) is 0.619. The zero-order valence-electron chi connectivity index (χ0n) is 17.3. The second kappa shape index (κ2) is 10.3. The summed E-state index contributed by atoms with van der Waals surface area (Å²) in [4.78, 5) is 0. The van der Waals surface area contributed by atoms with Crippen molar-refractivity contribution in [1.29, 1.82) is 0 Å². The van der Waals surface area contributed by atoms with E-state index >= 15 is 0 Å². The van der Waals surface area contributed by atoms with Gasteiger partial charge in [-0.15, -0.1) is 0 Å². The van der Waals surface area contributed by atoms with Crippen LogP contribution in [0.4, 0.5) is 0 Å². The highest BCUT2D eigenvalue weighted by Gasteiger charge is 2.47. The third kappa shape index (κ3) is 5.43. The molecule has 0 aliphatic carbocycles. The van der Waals surface area contributed by atoms with E-state index in [0.717, 1.165) is 5.56 Å². The summed E-state index contributed by atoms with van der Waals surface area (Å²) < 4.78 is 22.0. The zero-order valence-corrected chi connectivity index (χ0v) is 17.3. The Hall–Kier alpha value is -1.60. The van der Waals surface area contributed by atoms with Crippen molar-refractivity contribution >= 4 is 6.08 Å². The molecule has 0 radical (unpaired) electrons. The van der Waals surface area contributed by atoms with Crippen LogP contribution in [0.3, 0.4) is 0 Å². The van der Waals surface area contributed by atoms with Crippen molar-refractivity contribution in [3.05, 3.63) is 35.9 Å². The van der Waals surface area contributed by atoms with Crippen molar-refractivity contribution in [2.75, 3.05) is 6.61 Å². The predicted molar refractivity (Wildman–Crippen MR) is 107 cm³/mol. The number of aliphatic hydroxyl groups excluding tert-OH is 6. The highest BCUT2D eigenvalue weighted by atomic mass is 16.7. The molecule has 2 saturated heterocycles. The SMILES string of the molecule is CC=Cc1ccc(OC2OC(COC3OC(C)C(O)C(O)C3O)C(O)C(O)C2O)cc1. The molecule has 10 heteroatoms. The Bertz CT molecular complexity index is 725. The third-order valence-corrected chi connectivity index (χ3v) is 5.39. The Morgan fingerprint density at radius 3 is 2.06 bits per heavy atom.